The predicted octanol–water partition coefficient (Wildman–Crippen LogP) is 6.60. The Morgan fingerprint density at radius 1 is 1.00 bits per heavy atom. The van der Waals surface area contributed by atoms with Crippen LogP contribution in [-0.4, -0.2) is 42.9 Å². The first kappa shape index (κ1) is 26.6. The van der Waals surface area contributed by atoms with Crippen LogP contribution >= 0.6 is 15.8 Å². The van der Waals surface area contributed by atoms with E-state index in [0.29, 0.717) is 0 Å². The van der Waals surface area contributed by atoms with Gasteiger partial charge in [-0.2, -0.15) is 0 Å². The molecule has 0 aromatic rings. The lowest BCUT2D eigenvalue weighted by Crippen LogP contribution is -2.59. The van der Waals surface area contributed by atoms with Crippen LogP contribution in [0.2, 0.25) is 58.9 Å². The zero-order valence-corrected chi connectivity index (χ0v) is 23.6. The van der Waals surface area contributed by atoms with Crippen molar-refractivity contribution in [1.29, 1.82) is 0 Å². The summed E-state index contributed by atoms with van der Waals surface area (Å²) in [4.78, 5) is 0. The lowest BCUT2D eigenvalue weighted by Gasteiger charge is -2.50. The van der Waals surface area contributed by atoms with Crippen molar-refractivity contribution in [3.8, 4) is 0 Å². The van der Waals surface area contributed by atoms with E-state index in [-0.39, 0.29) is 0 Å². The van der Waals surface area contributed by atoms with Crippen molar-refractivity contribution in [1.82, 2.24) is 8.75 Å². The van der Waals surface area contributed by atoms with E-state index >= 15 is 0 Å². The fourth-order valence-corrected chi connectivity index (χ4v) is 23.0. The number of hydrogen-bond donors (Lipinski definition) is 1. The summed E-state index contributed by atoms with van der Waals surface area (Å²) in [6.45, 7) is 27.4. The Labute approximate surface area is 166 Å². The van der Waals surface area contributed by atoms with Crippen molar-refractivity contribution in [2.75, 3.05) is 14.2 Å². The molecule has 1 N–H and O–H groups in total. The summed E-state index contributed by atoms with van der Waals surface area (Å²) in [5.41, 5.74) is 0.915. The Bertz CT molecular complexity index is 557. The van der Waals surface area contributed by atoms with Gasteiger partial charge in [0.05, 0.1) is 0 Å². The molecule has 0 amide bonds. The summed E-state index contributed by atoms with van der Waals surface area (Å²) in [6, 6.07) is 0. The van der Waals surface area contributed by atoms with E-state index in [2.05, 4.69) is 74.3 Å². The van der Waals surface area contributed by atoms with E-state index in [1.165, 1.54) is 14.2 Å². The number of nitrogens with zero attached hydrogens (tertiary/aromatic N) is 1. The number of hydrogen-bond acceptors (Lipinski definition) is 5. The van der Waals surface area contributed by atoms with Crippen LogP contribution in [0.5, 0.6) is 0 Å². The van der Waals surface area contributed by atoms with Crippen LogP contribution in [0.4, 0.5) is 0 Å². The average Bonchev–Trinajstić information content (AvgIpc) is 2.38. The Kier molecular flexibility index (Phi) is 9.65. The summed E-state index contributed by atoms with van der Waals surface area (Å²) < 4.78 is 30.0. The molecule has 0 aromatic carbocycles. The number of allylic oxidation sites excluding steroid dienone is 2. The van der Waals surface area contributed by atoms with E-state index in [1.54, 1.807) is 5.82 Å². The molecule has 0 heterocycles. The molecule has 0 fully saturated rings. The second-order valence-electron chi connectivity index (χ2n) is 9.53. The van der Waals surface area contributed by atoms with Gasteiger partial charge in [-0.15, -0.1) is 0 Å². The third-order valence-corrected chi connectivity index (χ3v) is 21.4. The molecule has 0 aliphatic rings. The van der Waals surface area contributed by atoms with Gasteiger partial charge < -0.3 is 17.8 Å². The third-order valence-electron chi connectivity index (χ3n) is 3.37. The van der Waals surface area contributed by atoms with Crippen LogP contribution in [0.25, 0.3) is 0 Å². The van der Waals surface area contributed by atoms with Crippen LogP contribution in [0.1, 0.15) is 6.92 Å². The minimum absolute atomic E-state index is 0.869. The molecular weight excluding hydrogens is 414 g/mol. The molecule has 0 aliphatic heterocycles. The molecule has 0 saturated carbocycles. The summed E-state index contributed by atoms with van der Waals surface area (Å²) in [6.07, 6.45) is 0. The second-order valence-corrected chi connectivity index (χ2v) is 29.3. The third kappa shape index (κ3) is 8.33. The maximum Gasteiger partial charge on any atom is 0.354 e. The van der Waals surface area contributed by atoms with Crippen molar-refractivity contribution < 1.29 is 13.6 Å². The Morgan fingerprint density at radius 3 is 1.62 bits per heavy atom. The number of rotatable bonds is 10. The molecule has 0 aromatic heterocycles. The molecule has 154 valence electrons. The van der Waals surface area contributed by atoms with Gasteiger partial charge >= 0.3 is 7.60 Å². The SMILES string of the molecule is C=C(C)/C(=C\P(=O)(OC)OC)P(N[Si](C)(C)C)N([Si](C)(C)C)[Si](C)(C)C. The van der Waals surface area contributed by atoms with Crippen LogP contribution in [0.3, 0.4) is 0 Å². The monoisotopic (exact) mass is 454 g/mol. The van der Waals surface area contributed by atoms with Crippen molar-refractivity contribution in [2.45, 2.75) is 65.8 Å². The van der Waals surface area contributed by atoms with Crippen LogP contribution in [-0.2, 0) is 13.6 Å². The molecule has 0 bridgehead atoms. The molecule has 10 heteroatoms. The Hall–Kier alpha value is 0.631. The highest BCUT2D eigenvalue weighted by Crippen LogP contribution is 2.59. The van der Waals surface area contributed by atoms with E-state index in [0.717, 1.165) is 10.9 Å². The molecule has 0 rings (SSSR count). The molecule has 0 aliphatic carbocycles. The molecule has 5 nitrogen and oxygen atoms in total. The smallest absolute Gasteiger partial charge is 0.309 e. The molecule has 1 atom stereocenters. The highest BCUT2D eigenvalue weighted by Gasteiger charge is 2.43. The fraction of sp³-hybridized carbons (Fsp3) is 0.750. The first-order valence-corrected chi connectivity index (χ1v) is 22.2. The minimum Gasteiger partial charge on any atom is -0.309 e. The first-order valence-electron chi connectivity index (χ1n) is 8.86. The minimum atomic E-state index is -3.28. The molecule has 0 saturated heterocycles. The van der Waals surface area contributed by atoms with Crippen LogP contribution in [0.15, 0.2) is 23.3 Å². The summed E-state index contributed by atoms with van der Waals surface area (Å²) >= 11 is 0. The summed E-state index contributed by atoms with van der Waals surface area (Å²) in [5, 5.41) is 0.985. The van der Waals surface area contributed by atoms with Crippen LogP contribution < -0.4 is 4.75 Å². The van der Waals surface area contributed by atoms with Gasteiger partial charge in [-0.1, -0.05) is 65.5 Å². The molecule has 26 heavy (non-hydrogen) atoms. The van der Waals surface area contributed by atoms with Gasteiger partial charge in [-0.25, -0.2) is 0 Å². The zero-order valence-electron chi connectivity index (χ0n) is 18.9. The molecule has 0 spiro atoms. The van der Waals surface area contributed by atoms with Crippen molar-refractivity contribution in [2.24, 2.45) is 0 Å². The van der Waals surface area contributed by atoms with E-state index < -0.39 is 40.5 Å². The molecule has 0 radical (unpaired) electrons. The first-order chi connectivity index (χ1) is 11.4. The van der Waals surface area contributed by atoms with Gasteiger partial charge in [0.1, 0.15) is 24.7 Å². The lowest BCUT2D eigenvalue weighted by molar-refractivity contribution is 0.286. The van der Waals surface area contributed by atoms with Gasteiger partial charge in [0.2, 0.25) is 0 Å². The van der Waals surface area contributed by atoms with Crippen LogP contribution in [0, 0.1) is 0 Å². The fourth-order valence-electron chi connectivity index (χ4n) is 2.82. The average molecular weight is 455 g/mol. The summed E-state index contributed by atoms with van der Waals surface area (Å²) in [7, 11) is -6.22. The summed E-state index contributed by atoms with van der Waals surface area (Å²) in [5.74, 6) is 1.70. The van der Waals surface area contributed by atoms with Crippen molar-refractivity contribution in [3.63, 3.8) is 0 Å². The lowest BCUT2D eigenvalue weighted by atomic mass is 10.3. The molecular formula is C16H40N2O3P2Si3. The number of nitrogens with one attached hydrogen (secondary N) is 1. The van der Waals surface area contributed by atoms with Gasteiger partial charge in [0.25, 0.3) is 0 Å². The maximum atomic E-state index is 12.9. The Morgan fingerprint density at radius 2 is 1.38 bits per heavy atom. The highest BCUT2D eigenvalue weighted by molar-refractivity contribution is 7.66. The van der Waals surface area contributed by atoms with Gasteiger partial charge in [0, 0.05) is 33.6 Å². The van der Waals surface area contributed by atoms with Gasteiger partial charge in [0.15, 0.2) is 0 Å². The second kappa shape index (κ2) is 9.42. The largest absolute Gasteiger partial charge is 0.354 e. The standard InChI is InChI=1S/C16H40N2O3P2Si3/c1-15(2)16(14-23(19,20-3)21-4)22(17-24(5,6)7)18(25(8,9)10)26(11,12)13/h14,17H,1H2,2-13H3/b16-14+. The normalized spacial score (nSPS) is 16.1. The molecule has 1 unspecified atom stereocenters. The van der Waals surface area contributed by atoms with E-state index in [4.69, 9.17) is 9.05 Å². The van der Waals surface area contributed by atoms with Crippen molar-refractivity contribution >= 4 is 40.5 Å². The van der Waals surface area contributed by atoms with E-state index in [9.17, 15) is 4.57 Å². The predicted molar refractivity (Wildman–Crippen MR) is 126 cm³/mol. The zero-order chi connectivity index (χ0) is 21.1. The Balaban J connectivity index is 6.67. The topological polar surface area (TPSA) is 50.8 Å². The van der Waals surface area contributed by atoms with Gasteiger partial charge in [-0.3, -0.25) is 4.57 Å². The van der Waals surface area contributed by atoms with Crippen molar-refractivity contribution in [3.05, 3.63) is 23.3 Å². The van der Waals surface area contributed by atoms with Gasteiger partial charge in [-0.05, 0) is 12.5 Å². The van der Waals surface area contributed by atoms with E-state index in [1.807, 2.05) is 6.92 Å². The maximum absolute atomic E-state index is 12.9. The quantitative estimate of drug-likeness (QED) is 0.229. The highest BCUT2D eigenvalue weighted by atomic mass is 31.2.